The number of halogens is 3. The second-order valence-electron chi connectivity index (χ2n) is 18.2. The number of likely N-dealkylation sites (N-methyl/N-ethyl adjacent to an activating group) is 1. The summed E-state index contributed by atoms with van der Waals surface area (Å²) < 4.78 is 73.1. The van der Waals surface area contributed by atoms with Crippen LogP contribution in [0.25, 0.3) is 0 Å². The van der Waals surface area contributed by atoms with Crippen LogP contribution < -0.4 is 24.8 Å². The number of alkyl halides is 3. The first-order valence-corrected chi connectivity index (χ1v) is 23.9. The van der Waals surface area contributed by atoms with Crippen molar-refractivity contribution in [2.24, 2.45) is 11.8 Å². The fraction of sp³-hybridized carbons (Fsp3) is 0.404. The molecule has 7 rings (SSSR count). The number of carbonyl (C=O) groups excluding carboxylic acids is 3. The number of hydrogen-bond donors (Lipinski definition) is 3. The summed E-state index contributed by atoms with van der Waals surface area (Å²) in [5.74, 6) is -5.90. The fourth-order valence-corrected chi connectivity index (χ4v) is 9.98. The molecular formula is C47H53F3N4O9Si. The Morgan fingerprint density at radius 1 is 1.02 bits per heavy atom. The molecule has 0 radical (unpaired) electrons. The summed E-state index contributed by atoms with van der Waals surface area (Å²) in [5, 5.41) is 22.8. The van der Waals surface area contributed by atoms with E-state index in [1.165, 1.54) is 0 Å². The summed E-state index contributed by atoms with van der Waals surface area (Å²) in [7, 11) is 0.158. The van der Waals surface area contributed by atoms with Gasteiger partial charge in [0.2, 0.25) is 11.7 Å². The maximum atomic E-state index is 15.7. The van der Waals surface area contributed by atoms with E-state index >= 15 is 9.59 Å². The van der Waals surface area contributed by atoms with Gasteiger partial charge in [0, 0.05) is 29.7 Å². The van der Waals surface area contributed by atoms with Crippen LogP contribution >= 0.6 is 0 Å². The van der Waals surface area contributed by atoms with Crippen molar-refractivity contribution in [3.05, 3.63) is 124 Å². The topological polar surface area (TPSA) is 162 Å². The monoisotopic (exact) mass is 902 g/mol. The van der Waals surface area contributed by atoms with Crippen molar-refractivity contribution >= 4 is 31.5 Å². The molecule has 340 valence electrons. The lowest BCUT2D eigenvalue weighted by molar-refractivity contribution is -0.275. The number of amides is 1. The van der Waals surface area contributed by atoms with Gasteiger partial charge in [-0.2, -0.15) is 0 Å². The standard InChI is InChI=1S/C47H53F3N4O9Si/c1-9-20-51-38-31-22-29-21-30-33(61-47(48,49)50)23-32(52-34(55)24-54(5)6)40(59-25-27-16-12-10-13-17-27)36(30)39(56)35(29)42(57)46(31,63-64(7,8)45(2,3)4)43(58)37-41(38)62-53-44(37)60-26-28-18-14-11-15-19-28/h9-19,23,29,31,38,51,57H,1,20-22,24-26H2,2-8H3,(H,52,55)/t29-,31-,38-,46-/m0/s1. The lowest BCUT2D eigenvalue weighted by Crippen LogP contribution is -2.65. The molecule has 64 heavy (non-hydrogen) atoms. The molecule has 1 heterocycles. The number of rotatable bonds is 15. The summed E-state index contributed by atoms with van der Waals surface area (Å²) in [6.07, 6.45) is -3.91. The number of ether oxygens (including phenoxy) is 3. The van der Waals surface area contributed by atoms with Crippen molar-refractivity contribution in [3.8, 4) is 17.4 Å². The largest absolute Gasteiger partial charge is 0.573 e. The molecule has 3 aromatic carbocycles. The normalized spacial score (nSPS) is 20.8. The van der Waals surface area contributed by atoms with Crippen LogP contribution in [0.15, 0.2) is 95.2 Å². The van der Waals surface area contributed by atoms with Crippen molar-refractivity contribution in [2.75, 3.05) is 32.5 Å². The number of aliphatic hydroxyl groups is 1. The van der Waals surface area contributed by atoms with Gasteiger partial charge >= 0.3 is 6.36 Å². The van der Waals surface area contributed by atoms with Gasteiger partial charge in [-0.15, -0.1) is 19.8 Å². The number of Topliss-reactive ketones (excluding diaryl/α,β-unsaturated/α-hetero) is 2. The van der Waals surface area contributed by atoms with E-state index in [4.69, 9.17) is 18.4 Å². The van der Waals surface area contributed by atoms with Gasteiger partial charge in [0.05, 0.1) is 23.8 Å². The molecule has 3 N–H and O–H groups in total. The second kappa shape index (κ2) is 17.7. The van der Waals surface area contributed by atoms with Crippen LogP contribution in [-0.2, 0) is 28.9 Å². The molecule has 0 fully saturated rings. The number of anilines is 1. The third-order valence-electron chi connectivity index (χ3n) is 12.4. The Morgan fingerprint density at radius 3 is 2.22 bits per heavy atom. The van der Waals surface area contributed by atoms with Crippen LogP contribution in [0.4, 0.5) is 18.9 Å². The highest BCUT2D eigenvalue weighted by molar-refractivity contribution is 6.74. The molecule has 0 aliphatic heterocycles. The minimum Gasteiger partial charge on any atom is -0.508 e. The Bertz CT molecular complexity index is 2470. The third-order valence-corrected chi connectivity index (χ3v) is 16.8. The zero-order valence-electron chi connectivity index (χ0n) is 36.9. The molecular weight excluding hydrogens is 850 g/mol. The first-order valence-electron chi connectivity index (χ1n) is 21.0. The summed E-state index contributed by atoms with van der Waals surface area (Å²) in [6, 6.07) is 18.2. The highest BCUT2D eigenvalue weighted by Gasteiger charge is 2.67. The average Bonchev–Trinajstić information content (AvgIpc) is 3.64. The molecule has 4 atom stereocenters. The number of fused-ring (bicyclic) bond motifs is 4. The van der Waals surface area contributed by atoms with E-state index in [-0.39, 0.29) is 84.5 Å². The van der Waals surface area contributed by atoms with E-state index in [2.05, 4.69) is 27.1 Å². The highest BCUT2D eigenvalue weighted by atomic mass is 28.4. The molecule has 3 aliphatic rings. The van der Waals surface area contributed by atoms with Gasteiger partial charge in [-0.1, -0.05) is 87.5 Å². The molecule has 0 saturated carbocycles. The maximum Gasteiger partial charge on any atom is 0.573 e. The highest BCUT2D eigenvalue weighted by Crippen LogP contribution is 2.60. The average molecular weight is 903 g/mol. The SMILES string of the molecule is C=CCN[C@@H]1c2onc(OCc3ccccc3)c2C(=O)[C@@]2(O[Si](C)(C)C(C)(C)C)C(O)=C3C(=O)c4c(c(OC(F)(F)F)cc(NC(=O)CN(C)C)c4OCc4ccccc4)C[C@H]3C[C@@H]12. The molecule has 0 unspecified atom stereocenters. The number of carbonyl (C=O) groups is 3. The van der Waals surface area contributed by atoms with Crippen LogP contribution in [0.2, 0.25) is 18.1 Å². The summed E-state index contributed by atoms with van der Waals surface area (Å²) in [5.41, 5.74) is -1.89. The Labute approximate surface area is 370 Å². The molecule has 0 saturated heterocycles. The number of nitrogens with zero attached hydrogens (tertiary/aromatic N) is 2. The van der Waals surface area contributed by atoms with Crippen molar-refractivity contribution in [1.82, 2.24) is 15.4 Å². The first kappa shape index (κ1) is 46.2. The van der Waals surface area contributed by atoms with Gasteiger partial charge in [-0.25, -0.2) is 0 Å². The van der Waals surface area contributed by atoms with E-state index in [9.17, 15) is 23.1 Å². The predicted molar refractivity (Wildman–Crippen MR) is 234 cm³/mol. The lowest BCUT2D eigenvalue weighted by atomic mass is 9.58. The Hall–Kier alpha value is -5.75. The van der Waals surface area contributed by atoms with Crippen LogP contribution in [0, 0.1) is 11.8 Å². The number of aliphatic hydroxyl groups excluding tert-OH is 1. The van der Waals surface area contributed by atoms with E-state index in [1.54, 1.807) is 55.4 Å². The van der Waals surface area contributed by atoms with Crippen molar-refractivity contribution in [3.63, 3.8) is 0 Å². The number of allylic oxidation sites excluding steroid dienone is 1. The second-order valence-corrected chi connectivity index (χ2v) is 22.9. The van der Waals surface area contributed by atoms with Crippen LogP contribution in [0.5, 0.6) is 17.4 Å². The summed E-state index contributed by atoms with van der Waals surface area (Å²) in [6.45, 7) is 13.5. The molecule has 3 aliphatic carbocycles. The van der Waals surface area contributed by atoms with Gasteiger partial charge in [0.1, 0.15) is 30.3 Å². The maximum absolute atomic E-state index is 15.7. The fourth-order valence-electron chi connectivity index (χ4n) is 8.52. The molecule has 1 aromatic heterocycles. The van der Waals surface area contributed by atoms with E-state index in [0.717, 1.165) is 11.6 Å². The zero-order chi connectivity index (χ0) is 46.4. The minimum absolute atomic E-state index is 0.0171. The van der Waals surface area contributed by atoms with E-state index < -0.39 is 72.2 Å². The lowest BCUT2D eigenvalue weighted by Gasteiger charge is -2.54. The van der Waals surface area contributed by atoms with Gasteiger partial charge in [-0.05, 0) is 67.3 Å². The van der Waals surface area contributed by atoms with E-state index in [1.807, 2.05) is 64.2 Å². The number of ketones is 2. The van der Waals surface area contributed by atoms with Gasteiger partial charge in [0.15, 0.2) is 31.2 Å². The smallest absolute Gasteiger partial charge is 0.508 e. The van der Waals surface area contributed by atoms with Gasteiger partial charge < -0.3 is 43.8 Å². The Morgan fingerprint density at radius 2 is 1.64 bits per heavy atom. The third kappa shape index (κ3) is 8.85. The number of benzene rings is 3. The minimum atomic E-state index is -5.20. The molecule has 0 spiro atoms. The number of hydrogen-bond acceptors (Lipinski definition) is 12. The molecule has 0 bridgehead atoms. The van der Waals surface area contributed by atoms with Crippen molar-refractivity contribution in [2.45, 2.75) is 83.0 Å². The summed E-state index contributed by atoms with van der Waals surface area (Å²) in [4.78, 5) is 46.0. The number of aromatic nitrogens is 1. The number of nitrogens with one attached hydrogen (secondary N) is 2. The Balaban J connectivity index is 1.47. The van der Waals surface area contributed by atoms with Crippen molar-refractivity contribution < 1.29 is 55.8 Å². The zero-order valence-corrected chi connectivity index (χ0v) is 37.9. The van der Waals surface area contributed by atoms with E-state index in [0.29, 0.717) is 5.56 Å². The van der Waals surface area contributed by atoms with Crippen molar-refractivity contribution in [1.29, 1.82) is 0 Å². The van der Waals surface area contributed by atoms with Crippen LogP contribution in [-0.4, -0.2) is 80.1 Å². The molecule has 17 heteroatoms. The molecule has 1 amide bonds. The van der Waals surface area contributed by atoms with Gasteiger partial charge in [0.25, 0.3) is 5.88 Å². The quantitative estimate of drug-likeness (QED) is 0.0769. The van der Waals surface area contributed by atoms with Crippen LogP contribution in [0.3, 0.4) is 0 Å². The predicted octanol–water partition coefficient (Wildman–Crippen LogP) is 8.89. The summed E-state index contributed by atoms with van der Waals surface area (Å²) >= 11 is 0. The van der Waals surface area contributed by atoms with Crippen LogP contribution in [0.1, 0.15) is 76.4 Å². The van der Waals surface area contributed by atoms with Gasteiger partial charge in [-0.3, -0.25) is 14.4 Å². The molecule has 4 aromatic rings. The first-order chi connectivity index (χ1) is 30.2. The Kier molecular flexibility index (Phi) is 12.8. The molecule has 13 nitrogen and oxygen atoms in total.